The summed E-state index contributed by atoms with van der Waals surface area (Å²) in [5.41, 5.74) is 2.81. The van der Waals surface area contributed by atoms with E-state index in [9.17, 15) is 9.59 Å². The number of halogens is 1. The number of hydrogen-bond acceptors (Lipinski definition) is 3. The Morgan fingerprint density at radius 3 is 2.28 bits per heavy atom. The van der Waals surface area contributed by atoms with Gasteiger partial charge in [-0.1, -0.05) is 30.3 Å². The van der Waals surface area contributed by atoms with E-state index in [1.54, 1.807) is 55.5 Å². The van der Waals surface area contributed by atoms with Gasteiger partial charge in [0.2, 0.25) is 0 Å². The first-order valence-corrected chi connectivity index (χ1v) is 9.92. The summed E-state index contributed by atoms with van der Waals surface area (Å²) in [5.74, 6) is 0.0983. The molecule has 2 N–H and O–H groups in total. The fraction of sp³-hybridized carbons (Fsp3) is 0.130. The van der Waals surface area contributed by atoms with E-state index in [0.717, 1.165) is 10.0 Å². The number of ether oxygens (including phenoxy) is 1. The number of hydrogen-bond donors (Lipinski definition) is 2. The summed E-state index contributed by atoms with van der Waals surface area (Å²) in [6.07, 6.45) is -0.698. The first-order valence-electron chi connectivity index (χ1n) is 9.12. The third-order valence-corrected chi connectivity index (χ3v) is 4.80. The number of carbonyl (C=O) groups excluding carboxylic acids is 2. The molecule has 2 amide bonds. The van der Waals surface area contributed by atoms with Gasteiger partial charge in [0, 0.05) is 16.9 Å². The Bertz CT molecular complexity index is 1020. The molecule has 29 heavy (non-hydrogen) atoms. The van der Waals surface area contributed by atoms with E-state index in [0.29, 0.717) is 22.7 Å². The van der Waals surface area contributed by atoms with Crippen LogP contribution in [0.5, 0.6) is 5.75 Å². The molecule has 0 bridgehead atoms. The number of anilines is 2. The molecule has 6 heteroatoms. The Hall–Kier alpha value is -3.12. The van der Waals surface area contributed by atoms with Crippen LogP contribution in [0.4, 0.5) is 11.4 Å². The van der Waals surface area contributed by atoms with Crippen LogP contribution in [0.1, 0.15) is 22.8 Å². The van der Waals surface area contributed by atoms with Crippen molar-refractivity contribution in [2.75, 3.05) is 10.6 Å². The maximum absolute atomic E-state index is 12.5. The summed E-state index contributed by atoms with van der Waals surface area (Å²) in [5, 5.41) is 5.64. The van der Waals surface area contributed by atoms with Gasteiger partial charge in [-0.25, -0.2) is 0 Å². The average Bonchev–Trinajstić information content (AvgIpc) is 2.71. The first-order chi connectivity index (χ1) is 13.9. The zero-order valence-electron chi connectivity index (χ0n) is 16.1. The van der Waals surface area contributed by atoms with Crippen LogP contribution >= 0.6 is 15.9 Å². The van der Waals surface area contributed by atoms with Gasteiger partial charge in [-0.05, 0) is 77.8 Å². The van der Waals surface area contributed by atoms with Crippen molar-refractivity contribution < 1.29 is 14.3 Å². The predicted octanol–water partition coefficient (Wildman–Crippen LogP) is 5.42. The average molecular weight is 453 g/mol. The van der Waals surface area contributed by atoms with Crippen molar-refractivity contribution >= 4 is 39.1 Å². The molecule has 1 unspecified atom stereocenters. The van der Waals surface area contributed by atoms with Crippen molar-refractivity contribution in [1.29, 1.82) is 0 Å². The molecule has 3 rings (SSSR count). The Kier molecular flexibility index (Phi) is 6.67. The van der Waals surface area contributed by atoms with Crippen molar-refractivity contribution in [3.8, 4) is 5.75 Å². The van der Waals surface area contributed by atoms with E-state index in [4.69, 9.17) is 4.74 Å². The summed E-state index contributed by atoms with van der Waals surface area (Å²) in [7, 11) is 0. The fourth-order valence-electron chi connectivity index (χ4n) is 2.66. The predicted molar refractivity (Wildman–Crippen MR) is 118 cm³/mol. The van der Waals surface area contributed by atoms with Gasteiger partial charge in [-0.2, -0.15) is 0 Å². The van der Waals surface area contributed by atoms with Crippen molar-refractivity contribution in [3.05, 3.63) is 88.4 Å². The Labute approximate surface area is 178 Å². The topological polar surface area (TPSA) is 67.4 Å². The highest BCUT2D eigenvalue weighted by Crippen LogP contribution is 2.27. The molecule has 0 saturated heterocycles. The first kappa shape index (κ1) is 20.6. The molecule has 0 aromatic heterocycles. The van der Waals surface area contributed by atoms with Crippen LogP contribution in [0.2, 0.25) is 0 Å². The zero-order chi connectivity index (χ0) is 20.8. The maximum Gasteiger partial charge on any atom is 0.265 e. The number of rotatable bonds is 6. The van der Waals surface area contributed by atoms with Gasteiger partial charge in [-0.15, -0.1) is 0 Å². The lowest BCUT2D eigenvalue weighted by Gasteiger charge is -2.16. The maximum atomic E-state index is 12.5. The van der Waals surface area contributed by atoms with E-state index in [1.165, 1.54) is 0 Å². The van der Waals surface area contributed by atoms with Gasteiger partial charge in [0.1, 0.15) is 5.75 Å². The van der Waals surface area contributed by atoms with Gasteiger partial charge in [0.25, 0.3) is 11.8 Å². The Balaban J connectivity index is 1.63. The summed E-state index contributed by atoms with van der Waals surface area (Å²) in [4.78, 5) is 24.8. The van der Waals surface area contributed by atoms with E-state index >= 15 is 0 Å². The number of nitrogens with one attached hydrogen (secondary N) is 2. The zero-order valence-corrected chi connectivity index (χ0v) is 17.7. The number of aryl methyl sites for hydroxylation is 1. The Morgan fingerprint density at radius 2 is 1.59 bits per heavy atom. The number of amides is 2. The molecular weight excluding hydrogens is 432 g/mol. The lowest BCUT2D eigenvalue weighted by atomic mass is 10.2. The van der Waals surface area contributed by atoms with Crippen LogP contribution < -0.4 is 15.4 Å². The standard InChI is InChI=1S/C23H21BrN2O3/c1-15-11-12-21(20(24)13-15)29-16(2)22(27)25-18-9-6-10-19(14-18)26-23(28)17-7-4-3-5-8-17/h3-14,16H,1-2H3,(H,25,27)(H,26,28). The second-order valence-electron chi connectivity index (χ2n) is 6.58. The van der Waals surface area contributed by atoms with Crippen molar-refractivity contribution in [3.63, 3.8) is 0 Å². The van der Waals surface area contributed by atoms with Crippen molar-refractivity contribution in [1.82, 2.24) is 0 Å². The molecule has 148 valence electrons. The monoisotopic (exact) mass is 452 g/mol. The molecule has 0 heterocycles. The molecule has 3 aromatic rings. The van der Waals surface area contributed by atoms with Crippen molar-refractivity contribution in [2.24, 2.45) is 0 Å². The van der Waals surface area contributed by atoms with E-state index < -0.39 is 6.10 Å². The van der Waals surface area contributed by atoms with Crippen LogP contribution in [-0.4, -0.2) is 17.9 Å². The van der Waals surface area contributed by atoms with Gasteiger partial charge in [0.15, 0.2) is 6.10 Å². The molecule has 0 spiro atoms. The quantitative estimate of drug-likeness (QED) is 0.524. The molecule has 0 aliphatic rings. The summed E-state index contributed by atoms with van der Waals surface area (Å²) < 4.78 is 6.55. The highest BCUT2D eigenvalue weighted by atomic mass is 79.9. The molecule has 0 radical (unpaired) electrons. The van der Waals surface area contributed by atoms with Crippen LogP contribution in [-0.2, 0) is 4.79 Å². The molecule has 0 aliphatic heterocycles. The van der Waals surface area contributed by atoms with Crippen molar-refractivity contribution in [2.45, 2.75) is 20.0 Å². The fourth-order valence-corrected chi connectivity index (χ4v) is 3.24. The Morgan fingerprint density at radius 1 is 0.897 bits per heavy atom. The van der Waals surface area contributed by atoms with Gasteiger partial charge >= 0.3 is 0 Å². The molecule has 1 atom stereocenters. The van der Waals surface area contributed by atoms with E-state index in [2.05, 4.69) is 26.6 Å². The van der Waals surface area contributed by atoms with Crippen LogP contribution in [0.3, 0.4) is 0 Å². The lowest BCUT2D eigenvalue weighted by Crippen LogP contribution is -2.30. The SMILES string of the molecule is Cc1ccc(OC(C)C(=O)Nc2cccc(NC(=O)c3ccccc3)c2)c(Br)c1. The minimum atomic E-state index is -0.698. The normalized spacial score (nSPS) is 11.4. The molecular formula is C23H21BrN2O3. The van der Waals surface area contributed by atoms with E-state index in [1.807, 2.05) is 31.2 Å². The van der Waals surface area contributed by atoms with Gasteiger partial charge in [-0.3, -0.25) is 9.59 Å². The lowest BCUT2D eigenvalue weighted by molar-refractivity contribution is -0.122. The summed E-state index contributed by atoms with van der Waals surface area (Å²) >= 11 is 3.45. The second kappa shape index (κ2) is 9.39. The minimum Gasteiger partial charge on any atom is -0.480 e. The van der Waals surface area contributed by atoms with Gasteiger partial charge in [0.05, 0.1) is 4.47 Å². The number of carbonyl (C=O) groups is 2. The summed E-state index contributed by atoms with van der Waals surface area (Å²) in [6, 6.07) is 21.6. The molecule has 0 saturated carbocycles. The smallest absolute Gasteiger partial charge is 0.265 e. The minimum absolute atomic E-state index is 0.213. The number of benzene rings is 3. The summed E-state index contributed by atoms with van der Waals surface area (Å²) in [6.45, 7) is 3.66. The molecule has 5 nitrogen and oxygen atoms in total. The third-order valence-electron chi connectivity index (χ3n) is 4.18. The van der Waals surface area contributed by atoms with Crippen LogP contribution in [0.15, 0.2) is 77.3 Å². The second-order valence-corrected chi connectivity index (χ2v) is 7.44. The van der Waals surface area contributed by atoms with Gasteiger partial charge < -0.3 is 15.4 Å². The highest BCUT2D eigenvalue weighted by molar-refractivity contribution is 9.10. The molecule has 3 aromatic carbocycles. The molecule has 0 fully saturated rings. The highest BCUT2D eigenvalue weighted by Gasteiger charge is 2.16. The van der Waals surface area contributed by atoms with Crippen LogP contribution in [0.25, 0.3) is 0 Å². The van der Waals surface area contributed by atoms with E-state index in [-0.39, 0.29) is 11.8 Å². The van der Waals surface area contributed by atoms with Crippen LogP contribution in [0, 0.1) is 6.92 Å². The molecule has 0 aliphatic carbocycles. The largest absolute Gasteiger partial charge is 0.480 e. The third kappa shape index (κ3) is 5.68.